The molecule has 1 aromatic rings. The van der Waals surface area contributed by atoms with E-state index in [2.05, 4.69) is 0 Å². The highest BCUT2D eigenvalue weighted by atomic mass is 32.2. The number of piperazine rings is 1. The Bertz CT molecular complexity index is 694. The van der Waals surface area contributed by atoms with Crippen molar-refractivity contribution >= 4 is 10.0 Å². The van der Waals surface area contributed by atoms with Crippen LogP contribution in [0.2, 0.25) is 0 Å². The molecule has 1 fully saturated rings. The average molecular weight is 378 g/mol. The molecule has 8 heteroatoms. The molecule has 0 amide bonds. The molecule has 0 spiro atoms. The van der Waals surface area contributed by atoms with Gasteiger partial charge in [0.2, 0.25) is 10.0 Å². The molecule has 0 bridgehead atoms. The summed E-state index contributed by atoms with van der Waals surface area (Å²) < 4.78 is 64.6. The summed E-state index contributed by atoms with van der Waals surface area (Å²) >= 11 is 0. The minimum Gasteiger partial charge on any atom is -0.296 e. The maximum Gasteiger partial charge on any atom is 0.416 e. The Morgan fingerprint density at radius 3 is 2.16 bits per heavy atom. The molecule has 0 aliphatic carbocycles. The Morgan fingerprint density at radius 1 is 1.08 bits per heavy atom. The number of hydrogen-bond donors (Lipinski definition) is 0. The minimum absolute atomic E-state index is 0.00703. The lowest BCUT2D eigenvalue weighted by Gasteiger charge is -2.34. The second-order valence-corrected chi connectivity index (χ2v) is 8.95. The SMILES string of the molecule is CCS(=O)(=O)N1CCN(Cc2cc(C(C)C)cc(C(F)(F)F)c2)CC1. The van der Waals surface area contributed by atoms with Crippen molar-refractivity contribution in [3.05, 3.63) is 34.9 Å². The van der Waals surface area contributed by atoms with Crippen LogP contribution in [-0.2, 0) is 22.7 Å². The maximum absolute atomic E-state index is 13.1. The van der Waals surface area contributed by atoms with Crippen LogP contribution in [-0.4, -0.2) is 49.6 Å². The number of sulfonamides is 1. The van der Waals surface area contributed by atoms with Gasteiger partial charge >= 0.3 is 6.18 Å². The third kappa shape index (κ3) is 5.18. The van der Waals surface area contributed by atoms with E-state index in [4.69, 9.17) is 0 Å². The lowest BCUT2D eigenvalue weighted by molar-refractivity contribution is -0.137. The van der Waals surface area contributed by atoms with Gasteiger partial charge < -0.3 is 0 Å². The molecule has 1 aliphatic rings. The summed E-state index contributed by atoms with van der Waals surface area (Å²) in [6, 6.07) is 4.22. The molecule has 0 N–H and O–H groups in total. The molecule has 0 aromatic heterocycles. The highest BCUT2D eigenvalue weighted by Gasteiger charge is 2.32. The predicted octanol–water partition coefficient (Wildman–Crippen LogP) is 3.30. The fourth-order valence-electron chi connectivity index (χ4n) is 2.91. The predicted molar refractivity (Wildman–Crippen MR) is 91.8 cm³/mol. The molecule has 0 saturated carbocycles. The van der Waals surface area contributed by atoms with Gasteiger partial charge in [-0.1, -0.05) is 19.9 Å². The van der Waals surface area contributed by atoms with Crippen molar-refractivity contribution in [1.82, 2.24) is 9.21 Å². The van der Waals surface area contributed by atoms with Gasteiger partial charge in [0.25, 0.3) is 0 Å². The molecule has 1 saturated heterocycles. The highest BCUT2D eigenvalue weighted by molar-refractivity contribution is 7.89. The first-order valence-electron chi connectivity index (χ1n) is 8.44. The summed E-state index contributed by atoms with van der Waals surface area (Å²) in [5, 5.41) is 0. The zero-order valence-electron chi connectivity index (χ0n) is 14.8. The van der Waals surface area contributed by atoms with Crippen molar-refractivity contribution in [2.24, 2.45) is 0 Å². The Hall–Kier alpha value is -1.12. The van der Waals surface area contributed by atoms with E-state index in [1.54, 1.807) is 6.92 Å². The summed E-state index contributed by atoms with van der Waals surface area (Å²) in [6.07, 6.45) is -4.37. The molecule has 1 aromatic carbocycles. The molecular formula is C17H25F3N2O2S. The molecular weight excluding hydrogens is 353 g/mol. The normalized spacial score (nSPS) is 18.0. The van der Waals surface area contributed by atoms with Gasteiger partial charge in [0, 0.05) is 32.7 Å². The number of nitrogens with zero attached hydrogens (tertiary/aromatic N) is 2. The first-order valence-corrected chi connectivity index (χ1v) is 10.0. The zero-order chi connectivity index (χ0) is 18.8. The summed E-state index contributed by atoms with van der Waals surface area (Å²) in [6.45, 7) is 7.54. The standard InChI is InChI=1S/C17H25F3N2O2S/c1-4-25(23,24)22-7-5-21(6-8-22)12-14-9-15(13(2)3)11-16(10-14)17(18,19)20/h9-11,13H,4-8,12H2,1-3H3. The van der Waals surface area contributed by atoms with Gasteiger partial charge in [-0.05, 0) is 36.1 Å². The molecule has 1 aliphatic heterocycles. The van der Waals surface area contributed by atoms with Gasteiger partial charge in [0.05, 0.1) is 11.3 Å². The van der Waals surface area contributed by atoms with Crippen LogP contribution in [0.5, 0.6) is 0 Å². The summed E-state index contributed by atoms with van der Waals surface area (Å²) in [4.78, 5) is 2.00. The van der Waals surface area contributed by atoms with Crippen molar-refractivity contribution < 1.29 is 21.6 Å². The third-order valence-electron chi connectivity index (χ3n) is 4.50. The fraction of sp³-hybridized carbons (Fsp3) is 0.647. The van der Waals surface area contributed by atoms with Crippen LogP contribution in [0.1, 0.15) is 43.4 Å². The number of benzene rings is 1. The quantitative estimate of drug-likeness (QED) is 0.789. The van der Waals surface area contributed by atoms with E-state index >= 15 is 0 Å². The molecule has 142 valence electrons. The lowest BCUT2D eigenvalue weighted by atomic mass is 9.97. The van der Waals surface area contributed by atoms with Gasteiger partial charge in [-0.15, -0.1) is 0 Å². The Morgan fingerprint density at radius 2 is 1.68 bits per heavy atom. The molecule has 1 heterocycles. The van der Waals surface area contributed by atoms with Crippen molar-refractivity contribution in [1.29, 1.82) is 0 Å². The highest BCUT2D eigenvalue weighted by Crippen LogP contribution is 2.32. The van der Waals surface area contributed by atoms with Crippen LogP contribution >= 0.6 is 0 Å². The molecule has 2 rings (SSSR count). The van der Waals surface area contributed by atoms with Crippen LogP contribution < -0.4 is 0 Å². The van der Waals surface area contributed by atoms with E-state index in [0.29, 0.717) is 43.9 Å². The van der Waals surface area contributed by atoms with Crippen LogP contribution in [0.3, 0.4) is 0 Å². The van der Waals surface area contributed by atoms with E-state index < -0.39 is 21.8 Å². The maximum atomic E-state index is 13.1. The van der Waals surface area contributed by atoms with Gasteiger partial charge in [-0.3, -0.25) is 4.90 Å². The van der Waals surface area contributed by atoms with E-state index in [9.17, 15) is 21.6 Å². The molecule has 0 radical (unpaired) electrons. The number of alkyl halides is 3. The first-order chi connectivity index (χ1) is 11.5. The van der Waals surface area contributed by atoms with E-state index in [0.717, 1.165) is 0 Å². The van der Waals surface area contributed by atoms with Crippen molar-refractivity contribution in [3.63, 3.8) is 0 Å². The second kappa shape index (κ2) is 7.63. The third-order valence-corrected chi connectivity index (χ3v) is 6.39. The van der Waals surface area contributed by atoms with Gasteiger partial charge in [-0.25, -0.2) is 8.42 Å². The number of hydrogen-bond acceptors (Lipinski definition) is 3. The van der Waals surface area contributed by atoms with E-state index in [1.807, 2.05) is 24.8 Å². The summed E-state index contributed by atoms with van der Waals surface area (Å²) in [5.41, 5.74) is 0.656. The Labute approximate surface area is 147 Å². The van der Waals surface area contributed by atoms with Crippen LogP contribution in [0.25, 0.3) is 0 Å². The van der Waals surface area contributed by atoms with E-state index in [-0.39, 0.29) is 11.7 Å². The van der Waals surface area contributed by atoms with Gasteiger partial charge in [-0.2, -0.15) is 17.5 Å². The first kappa shape index (κ1) is 20.2. The monoisotopic (exact) mass is 378 g/mol. The molecule has 0 unspecified atom stereocenters. The van der Waals surface area contributed by atoms with Gasteiger partial charge in [0.1, 0.15) is 0 Å². The van der Waals surface area contributed by atoms with Crippen LogP contribution in [0, 0.1) is 0 Å². The van der Waals surface area contributed by atoms with Gasteiger partial charge in [0.15, 0.2) is 0 Å². The number of rotatable bonds is 5. The lowest BCUT2D eigenvalue weighted by Crippen LogP contribution is -2.48. The van der Waals surface area contributed by atoms with Crippen molar-refractivity contribution in [3.8, 4) is 0 Å². The minimum atomic E-state index is -4.37. The van der Waals surface area contributed by atoms with Crippen molar-refractivity contribution in [2.75, 3.05) is 31.9 Å². The molecule has 4 nitrogen and oxygen atoms in total. The van der Waals surface area contributed by atoms with E-state index in [1.165, 1.54) is 16.4 Å². The largest absolute Gasteiger partial charge is 0.416 e. The fourth-order valence-corrected chi connectivity index (χ4v) is 4.00. The smallest absolute Gasteiger partial charge is 0.296 e. The molecule has 0 atom stereocenters. The second-order valence-electron chi connectivity index (χ2n) is 6.69. The average Bonchev–Trinajstić information content (AvgIpc) is 2.54. The van der Waals surface area contributed by atoms with Crippen LogP contribution in [0.4, 0.5) is 13.2 Å². The van der Waals surface area contributed by atoms with Crippen LogP contribution in [0.15, 0.2) is 18.2 Å². The topological polar surface area (TPSA) is 40.6 Å². The van der Waals surface area contributed by atoms with Crippen molar-refractivity contribution in [2.45, 2.75) is 39.4 Å². The Balaban J connectivity index is 2.12. The summed E-state index contributed by atoms with van der Waals surface area (Å²) in [5.74, 6) is 0.0749. The zero-order valence-corrected chi connectivity index (χ0v) is 15.6. The Kier molecular flexibility index (Phi) is 6.17. The molecule has 25 heavy (non-hydrogen) atoms. The number of halogens is 3. The summed E-state index contributed by atoms with van der Waals surface area (Å²) in [7, 11) is -3.20.